The van der Waals surface area contributed by atoms with Gasteiger partial charge >= 0.3 is 11.9 Å². The van der Waals surface area contributed by atoms with Crippen molar-refractivity contribution in [1.82, 2.24) is 4.98 Å². The van der Waals surface area contributed by atoms with Gasteiger partial charge in [0.25, 0.3) is 0 Å². The Hall–Kier alpha value is -2.83. The zero-order valence-electron chi connectivity index (χ0n) is 13.3. The summed E-state index contributed by atoms with van der Waals surface area (Å²) in [5, 5.41) is 0.440. The second kappa shape index (κ2) is 6.95. The number of pyridine rings is 1. The molecule has 1 aromatic heterocycles. The molecule has 0 unspecified atom stereocenters. The van der Waals surface area contributed by atoms with Crippen LogP contribution in [0.4, 0.5) is 0 Å². The molecule has 0 saturated carbocycles. The first-order valence-electron chi connectivity index (χ1n) is 6.93. The second-order valence-electron chi connectivity index (χ2n) is 4.51. The van der Waals surface area contributed by atoms with Crippen molar-refractivity contribution in [2.24, 2.45) is 0 Å². The molecule has 1 aromatic carbocycles. The molecule has 23 heavy (non-hydrogen) atoms. The summed E-state index contributed by atoms with van der Waals surface area (Å²) in [5.41, 5.74) is 0.357. The smallest absolute Gasteiger partial charge is 0.357 e. The number of carbonyl (C=O) groups excluding carboxylic acids is 2. The molecule has 0 radical (unpaired) electrons. The van der Waals surface area contributed by atoms with Gasteiger partial charge < -0.3 is 18.9 Å². The molecule has 0 N–H and O–H groups in total. The van der Waals surface area contributed by atoms with Crippen LogP contribution in [0.15, 0.2) is 18.2 Å². The van der Waals surface area contributed by atoms with Crippen LogP contribution in [0.1, 0.15) is 24.3 Å². The third-order valence-electron chi connectivity index (χ3n) is 3.03. The maximum absolute atomic E-state index is 12.0. The van der Waals surface area contributed by atoms with Crippen LogP contribution in [-0.2, 0) is 9.53 Å². The van der Waals surface area contributed by atoms with E-state index in [1.54, 1.807) is 19.1 Å². The van der Waals surface area contributed by atoms with Gasteiger partial charge in [0, 0.05) is 13.0 Å². The number of ether oxygens (including phenoxy) is 4. The fourth-order valence-corrected chi connectivity index (χ4v) is 2.13. The van der Waals surface area contributed by atoms with E-state index in [0.717, 1.165) is 0 Å². The molecule has 2 rings (SSSR count). The maximum Gasteiger partial charge on any atom is 0.357 e. The lowest BCUT2D eigenvalue weighted by Crippen LogP contribution is -2.10. The molecule has 0 amide bonds. The Bertz CT molecular complexity index is 756. The van der Waals surface area contributed by atoms with Crippen molar-refractivity contribution < 1.29 is 28.5 Å². The van der Waals surface area contributed by atoms with Crippen LogP contribution in [-0.4, -0.2) is 37.7 Å². The van der Waals surface area contributed by atoms with Crippen molar-refractivity contribution in [3.63, 3.8) is 0 Å². The third-order valence-corrected chi connectivity index (χ3v) is 3.03. The largest absolute Gasteiger partial charge is 0.496 e. The summed E-state index contributed by atoms with van der Waals surface area (Å²) < 4.78 is 20.7. The third kappa shape index (κ3) is 3.33. The summed E-state index contributed by atoms with van der Waals surface area (Å²) in [4.78, 5) is 27.6. The number of nitrogens with zero attached hydrogens (tertiary/aromatic N) is 1. The monoisotopic (exact) mass is 319 g/mol. The van der Waals surface area contributed by atoms with Gasteiger partial charge in [-0.05, 0) is 19.1 Å². The average molecular weight is 319 g/mol. The summed E-state index contributed by atoms with van der Waals surface area (Å²) in [5.74, 6) is -0.133. The SMILES string of the molecule is CCOC(=O)c1cc(OC(C)=O)c2c(OC)ccc(OC)c2n1. The fraction of sp³-hybridized carbons (Fsp3) is 0.312. The van der Waals surface area contributed by atoms with E-state index in [0.29, 0.717) is 22.4 Å². The van der Waals surface area contributed by atoms with Gasteiger partial charge in [-0.3, -0.25) is 4.79 Å². The zero-order chi connectivity index (χ0) is 17.0. The normalized spacial score (nSPS) is 10.3. The number of esters is 2. The van der Waals surface area contributed by atoms with Gasteiger partial charge in [-0.2, -0.15) is 0 Å². The highest BCUT2D eigenvalue weighted by Gasteiger charge is 2.20. The molecular formula is C16H17NO6. The summed E-state index contributed by atoms with van der Waals surface area (Å²) in [6, 6.07) is 4.67. The van der Waals surface area contributed by atoms with Crippen molar-refractivity contribution in [3.8, 4) is 17.2 Å². The van der Waals surface area contributed by atoms with Gasteiger partial charge in [-0.15, -0.1) is 0 Å². The highest BCUT2D eigenvalue weighted by atomic mass is 16.5. The molecule has 0 spiro atoms. The van der Waals surface area contributed by atoms with Crippen LogP contribution in [0.3, 0.4) is 0 Å². The van der Waals surface area contributed by atoms with Gasteiger partial charge in [0.2, 0.25) is 0 Å². The topological polar surface area (TPSA) is 84.0 Å². The van der Waals surface area contributed by atoms with E-state index in [-0.39, 0.29) is 18.1 Å². The molecular weight excluding hydrogens is 302 g/mol. The Balaban J connectivity index is 2.79. The van der Waals surface area contributed by atoms with E-state index in [1.165, 1.54) is 27.2 Å². The molecule has 1 heterocycles. The molecule has 0 aliphatic heterocycles. The predicted molar refractivity (Wildman–Crippen MR) is 82.1 cm³/mol. The molecule has 0 saturated heterocycles. The number of methoxy groups -OCH3 is 2. The molecule has 0 fully saturated rings. The Kier molecular flexibility index (Phi) is 5.00. The van der Waals surface area contributed by atoms with Gasteiger partial charge in [0.15, 0.2) is 5.69 Å². The first-order valence-corrected chi connectivity index (χ1v) is 6.93. The van der Waals surface area contributed by atoms with E-state index in [2.05, 4.69) is 4.98 Å². The molecule has 7 nitrogen and oxygen atoms in total. The van der Waals surface area contributed by atoms with Crippen LogP contribution in [0, 0.1) is 0 Å². The van der Waals surface area contributed by atoms with Crippen LogP contribution >= 0.6 is 0 Å². The lowest BCUT2D eigenvalue weighted by molar-refractivity contribution is -0.131. The molecule has 0 atom stereocenters. The van der Waals surface area contributed by atoms with Crippen LogP contribution in [0.5, 0.6) is 17.2 Å². The van der Waals surface area contributed by atoms with Crippen molar-refractivity contribution in [2.45, 2.75) is 13.8 Å². The minimum Gasteiger partial charge on any atom is -0.496 e. The van der Waals surface area contributed by atoms with Crippen molar-refractivity contribution >= 4 is 22.8 Å². The van der Waals surface area contributed by atoms with Gasteiger partial charge in [0.05, 0.1) is 26.2 Å². The number of benzene rings is 1. The van der Waals surface area contributed by atoms with Crippen LogP contribution < -0.4 is 14.2 Å². The van der Waals surface area contributed by atoms with Gasteiger partial charge in [-0.25, -0.2) is 9.78 Å². The Morgan fingerprint density at radius 2 is 1.74 bits per heavy atom. The zero-order valence-corrected chi connectivity index (χ0v) is 13.3. The van der Waals surface area contributed by atoms with E-state index in [9.17, 15) is 9.59 Å². The highest BCUT2D eigenvalue weighted by Crippen LogP contribution is 2.38. The number of fused-ring (bicyclic) bond motifs is 1. The number of hydrogen-bond acceptors (Lipinski definition) is 7. The number of aromatic nitrogens is 1. The summed E-state index contributed by atoms with van der Waals surface area (Å²) in [6.45, 7) is 3.16. The van der Waals surface area contributed by atoms with E-state index in [4.69, 9.17) is 18.9 Å². The molecule has 122 valence electrons. The lowest BCUT2D eigenvalue weighted by Gasteiger charge is -2.14. The second-order valence-corrected chi connectivity index (χ2v) is 4.51. The summed E-state index contributed by atoms with van der Waals surface area (Å²) >= 11 is 0. The molecule has 0 aliphatic rings. The van der Waals surface area contributed by atoms with E-state index < -0.39 is 11.9 Å². The first-order chi connectivity index (χ1) is 11.0. The Labute approximate surface area is 133 Å². The maximum atomic E-state index is 12.0. The van der Waals surface area contributed by atoms with Gasteiger partial charge in [0.1, 0.15) is 22.8 Å². The van der Waals surface area contributed by atoms with Crippen molar-refractivity contribution in [1.29, 1.82) is 0 Å². The average Bonchev–Trinajstić information content (AvgIpc) is 2.53. The van der Waals surface area contributed by atoms with Crippen molar-refractivity contribution in [3.05, 3.63) is 23.9 Å². The van der Waals surface area contributed by atoms with E-state index in [1.807, 2.05) is 0 Å². The van der Waals surface area contributed by atoms with Crippen LogP contribution in [0.2, 0.25) is 0 Å². The highest BCUT2D eigenvalue weighted by molar-refractivity contribution is 6.00. The number of hydrogen-bond donors (Lipinski definition) is 0. The predicted octanol–water partition coefficient (Wildman–Crippen LogP) is 2.35. The summed E-state index contributed by atoms with van der Waals surface area (Å²) in [6.07, 6.45) is 0. The Morgan fingerprint density at radius 1 is 1.09 bits per heavy atom. The fourth-order valence-electron chi connectivity index (χ4n) is 2.13. The minimum atomic E-state index is -0.618. The standard InChI is InChI=1S/C16H17NO6/c1-5-22-16(19)10-8-13(23-9(2)18)14-11(20-3)6-7-12(21-4)15(14)17-10/h6-8H,5H2,1-4H3. The molecule has 7 heteroatoms. The summed E-state index contributed by atoms with van der Waals surface area (Å²) in [7, 11) is 2.96. The van der Waals surface area contributed by atoms with Crippen molar-refractivity contribution in [2.75, 3.05) is 20.8 Å². The first kappa shape index (κ1) is 16.5. The number of carbonyl (C=O) groups is 2. The van der Waals surface area contributed by atoms with E-state index >= 15 is 0 Å². The van der Waals surface area contributed by atoms with Crippen LogP contribution in [0.25, 0.3) is 10.9 Å². The number of rotatable bonds is 5. The molecule has 0 bridgehead atoms. The molecule has 2 aromatic rings. The quantitative estimate of drug-likeness (QED) is 0.782. The lowest BCUT2D eigenvalue weighted by atomic mass is 10.1. The minimum absolute atomic E-state index is 0.0159. The Morgan fingerprint density at radius 3 is 2.30 bits per heavy atom. The molecule has 0 aliphatic carbocycles. The van der Waals surface area contributed by atoms with Gasteiger partial charge in [-0.1, -0.05) is 0 Å².